The molecule has 1 saturated heterocycles. The second-order valence-corrected chi connectivity index (χ2v) is 12.0. The second kappa shape index (κ2) is 9.29. The van der Waals surface area contributed by atoms with Crippen molar-refractivity contribution in [3.8, 4) is 0 Å². The van der Waals surface area contributed by atoms with Crippen molar-refractivity contribution in [3.63, 3.8) is 0 Å². The standard InChI is InChI=1S/C27H39N7O3/c1-18-14-33(25(36)37-26(3,4)5)19(2)13-32(18)23-22-24(29-17-28-23)34(16-27(22)10-7-11-27)21(35)9-8-20-12-30-31(6)15-20/h12,15,17-19H,7-11,13-14,16H2,1-6H3/t18-,19+/m0/s1. The molecule has 0 radical (unpaired) electrons. The fraction of sp³-hybridized carbons (Fsp3) is 0.667. The highest BCUT2D eigenvalue weighted by molar-refractivity contribution is 5.96. The van der Waals surface area contributed by atoms with Crippen molar-refractivity contribution in [1.29, 1.82) is 0 Å². The number of hydrogen-bond acceptors (Lipinski definition) is 7. The predicted molar refractivity (Wildman–Crippen MR) is 141 cm³/mol. The molecule has 1 spiro atoms. The van der Waals surface area contributed by atoms with Crippen molar-refractivity contribution in [1.82, 2.24) is 24.6 Å². The van der Waals surface area contributed by atoms with E-state index in [2.05, 4.69) is 28.8 Å². The minimum atomic E-state index is -0.533. The van der Waals surface area contributed by atoms with Crippen molar-refractivity contribution >= 4 is 23.6 Å². The fourth-order valence-corrected chi connectivity index (χ4v) is 5.92. The molecule has 0 unspecified atom stereocenters. The number of fused-ring (bicyclic) bond motifs is 2. The van der Waals surface area contributed by atoms with Crippen molar-refractivity contribution in [3.05, 3.63) is 29.8 Å². The number of anilines is 2. The van der Waals surface area contributed by atoms with Crippen LogP contribution in [-0.2, 0) is 28.4 Å². The Morgan fingerprint density at radius 1 is 1.11 bits per heavy atom. The highest BCUT2D eigenvalue weighted by Crippen LogP contribution is 2.55. The summed E-state index contributed by atoms with van der Waals surface area (Å²) in [6.07, 6.45) is 9.38. The number of amides is 2. The number of hydrogen-bond donors (Lipinski definition) is 0. The molecule has 2 atom stereocenters. The lowest BCUT2D eigenvalue weighted by atomic mass is 9.66. The molecule has 0 bridgehead atoms. The summed E-state index contributed by atoms with van der Waals surface area (Å²) in [5.41, 5.74) is 1.55. The molecule has 10 nitrogen and oxygen atoms in total. The van der Waals surface area contributed by atoms with E-state index in [1.165, 1.54) is 0 Å². The molecule has 1 aliphatic carbocycles. The summed E-state index contributed by atoms with van der Waals surface area (Å²) in [4.78, 5) is 41.7. The van der Waals surface area contributed by atoms with E-state index in [1.807, 2.05) is 50.0 Å². The van der Waals surface area contributed by atoms with Gasteiger partial charge >= 0.3 is 6.09 Å². The molecule has 3 aliphatic rings. The highest BCUT2D eigenvalue weighted by atomic mass is 16.6. The number of carbonyl (C=O) groups excluding carboxylic acids is 2. The van der Waals surface area contributed by atoms with Gasteiger partial charge in [-0.25, -0.2) is 14.8 Å². The lowest BCUT2D eigenvalue weighted by molar-refractivity contribution is -0.118. The lowest BCUT2D eigenvalue weighted by Gasteiger charge is -2.46. The van der Waals surface area contributed by atoms with Crippen LogP contribution in [0.15, 0.2) is 18.7 Å². The molecule has 10 heteroatoms. The average molecular weight is 510 g/mol. The van der Waals surface area contributed by atoms with Crippen molar-refractivity contribution < 1.29 is 14.3 Å². The summed E-state index contributed by atoms with van der Waals surface area (Å²) < 4.78 is 7.42. The molecule has 2 aromatic rings. The van der Waals surface area contributed by atoms with Gasteiger partial charge in [0.25, 0.3) is 0 Å². The number of carbonyl (C=O) groups is 2. The van der Waals surface area contributed by atoms with Crippen LogP contribution in [0.3, 0.4) is 0 Å². The molecule has 4 heterocycles. The molecule has 2 aliphatic heterocycles. The maximum atomic E-state index is 13.4. The van der Waals surface area contributed by atoms with Gasteiger partial charge in [-0.05, 0) is 59.4 Å². The van der Waals surface area contributed by atoms with Crippen LogP contribution >= 0.6 is 0 Å². The summed E-state index contributed by atoms with van der Waals surface area (Å²) in [5, 5.41) is 4.22. The Bertz CT molecular complexity index is 1180. The van der Waals surface area contributed by atoms with Gasteiger partial charge in [-0.3, -0.25) is 14.4 Å². The Kier molecular flexibility index (Phi) is 6.40. The number of rotatable bonds is 4. The second-order valence-electron chi connectivity index (χ2n) is 12.0. The predicted octanol–water partition coefficient (Wildman–Crippen LogP) is 3.45. The van der Waals surface area contributed by atoms with E-state index in [9.17, 15) is 9.59 Å². The normalized spacial score (nSPS) is 22.7. The zero-order valence-corrected chi connectivity index (χ0v) is 22.9. The molecule has 0 N–H and O–H groups in total. The Balaban J connectivity index is 1.38. The first-order valence-corrected chi connectivity index (χ1v) is 13.4. The van der Waals surface area contributed by atoms with E-state index < -0.39 is 5.60 Å². The van der Waals surface area contributed by atoms with Crippen LogP contribution in [0.4, 0.5) is 16.4 Å². The van der Waals surface area contributed by atoms with Crippen molar-refractivity contribution in [2.45, 2.75) is 89.8 Å². The van der Waals surface area contributed by atoms with Gasteiger partial charge in [0.15, 0.2) is 0 Å². The van der Waals surface area contributed by atoms with E-state index >= 15 is 0 Å². The molecule has 2 aromatic heterocycles. The zero-order chi connectivity index (χ0) is 26.5. The average Bonchev–Trinajstić information content (AvgIpc) is 3.38. The monoisotopic (exact) mass is 509 g/mol. The first kappa shape index (κ1) is 25.5. The third kappa shape index (κ3) is 4.78. The van der Waals surface area contributed by atoms with Gasteiger partial charge in [0.2, 0.25) is 5.91 Å². The number of aryl methyl sites for hydroxylation is 2. The van der Waals surface area contributed by atoms with Gasteiger partial charge in [-0.2, -0.15) is 5.10 Å². The number of nitrogens with zero attached hydrogens (tertiary/aromatic N) is 7. The number of aromatic nitrogens is 4. The Labute approximate surface area is 219 Å². The highest BCUT2D eigenvalue weighted by Gasteiger charge is 2.52. The topological polar surface area (TPSA) is 96.7 Å². The maximum Gasteiger partial charge on any atom is 0.410 e. The molecular formula is C27H39N7O3. The number of piperazine rings is 1. The van der Waals surface area contributed by atoms with Crippen LogP contribution in [0.25, 0.3) is 0 Å². The first-order chi connectivity index (χ1) is 17.5. The van der Waals surface area contributed by atoms with Gasteiger partial charge in [0.05, 0.1) is 6.20 Å². The van der Waals surface area contributed by atoms with E-state index in [1.54, 1.807) is 11.0 Å². The van der Waals surface area contributed by atoms with Crippen LogP contribution in [0.1, 0.15) is 71.4 Å². The SMILES string of the molecule is C[C@@H]1CN(c2ncnc3c2C2(CCC2)CN3C(=O)CCc2cnn(C)c2)[C@@H](C)CN1C(=O)OC(C)(C)C. The first-order valence-electron chi connectivity index (χ1n) is 13.4. The maximum absolute atomic E-state index is 13.4. The molecule has 200 valence electrons. The Morgan fingerprint density at radius 2 is 1.84 bits per heavy atom. The van der Waals surface area contributed by atoms with E-state index in [0.29, 0.717) is 32.5 Å². The molecule has 1 saturated carbocycles. The van der Waals surface area contributed by atoms with E-state index in [4.69, 9.17) is 9.72 Å². The third-order valence-corrected chi connectivity index (χ3v) is 7.94. The molecule has 2 amide bonds. The van der Waals surface area contributed by atoms with Crippen LogP contribution in [0.5, 0.6) is 0 Å². The van der Waals surface area contributed by atoms with Crippen LogP contribution < -0.4 is 9.80 Å². The van der Waals surface area contributed by atoms with Gasteiger partial charge in [0, 0.05) is 62.4 Å². The Morgan fingerprint density at radius 3 is 2.46 bits per heavy atom. The van der Waals surface area contributed by atoms with Gasteiger partial charge in [-0.1, -0.05) is 6.42 Å². The van der Waals surface area contributed by atoms with Crippen molar-refractivity contribution in [2.75, 3.05) is 29.4 Å². The quantitative estimate of drug-likeness (QED) is 0.623. The van der Waals surface area contributed by atoms with E-state index in [-0.39, 0.29) is 29.5 Å². The Hall–Kier alpha value is -3.17. The van der Waals surface area contributed by atoms with Gasteiger partial charge < -0.3 is 14.5 Å². The largest absolute Gasteiger partial charge is 0.444 e. The van der Waals surface area contributed by atoms with Crippen molar-refractivity contribution in [2.24, 2.45) is 7.05 Å². The molecule has 0 aromatic carbocycles. The summed E-state index contributed by atoms with van der Waals surface area (Å²) >= 11 is 0. The number of ether oxygens (including phenoxy) is 1. The van der Waals surface area contributed by atoms with E-state index in [0.717, 1.165) is 42.0 Å². The summed E-state index contributed by atoms with van der Waals surface area (Å²) in [5.74, 6) is 1.76. The van der Waals surface area contributed by atoms with Gasteiger partial charge in [-0.15, -0.1) is 0 Å². The molecule has 5 rings (SSSR count). The smallest absolute Gasteiger partial charge is 0.410 e. The van der Waals surface area contributed by atoms with Crippen LogP contribution in [0.2, 0.25) is 0 Å². The zero-order valence-electron chi connectivity index (χ0n) is 22.9. The summed E-state index contributed by atoms with van der Waals surface area (Å²) in [7, 11) is 1.88. The molecule has 37 heavy (non-hydrogen) atoms. The molecule has 2 fully saturated rings. The minimum Gasteiger partial charge on any atom is -0.444 e. The van der Waals surface area contributed by atoms with Crippen LogP contribution in [0, 0.1) is 0 Å². The van der Waals surface area contributed by atoms with Crippen LogP contribution in [-0.4, -0.2) is 74.0 Å². The summed E-state index contributed by atoms with van der Waals surface area (Å²) in [6.45, 7) is 11.7. The molecular weight excluding hydrogens is 470 g/mol. The third-order valence-electron chi connectivity index (χ3n) is 7.94. The lowest BCUT2D eigenvalue weighted by Crippen LogP contribution is -2.59. The fourth-order valence-electron chi connectivity index (χ4n) is 5.92. The van der Waals surface area contributed by atoms with Gasteiger partial charge in [0.1, 0.15) is 23.6 Å². The minimum absolute atomic E-state index is 0.0346. The summed E-state index contributed by atoms with van der Waals surface area (Å²) in [6, 6.07) is 0.0165.